The SMILES string of the molecule is OCCc1ccc2[nH]c(-c3ccc(F)cc3)cc2c1. The molecule has 96 valence electrons. The number of aliphatic hydroxyl groups excluding tert-OH is 1. The highest BCUT2D eigenvalue weighted by molar-refractivity contribution is 5.86. The van der Waals surface area contributed by atoms with Gasteiger partial charge in [0.25, 0.3) is 0 Å². The molecule has 0 amide bonds. The van der Waals surface area contributed by atoms with Crippen LogP contribution in [0.25, 0.3) is 22.2 Å². The predicted octanol–water partition coefficient (Wildman–Crippen LogP) is 3.51. The van der Waals surface area contributed by atoms with Crippen LogP contribution in [0.4, 0.5) is 4.39 Å². The van der Waals surface area contributed by atoms with Gasteiger partial charge >= 0.3 is 0 Å². The fourth-order valence-corrected chi connectivity index (χ4v) is 2.25. The molecule has 0 aliphatic rings. The normalized spacial score (nSPS) is 11.1. The first-order chi connectivity index (χ1) is 9.26. The van der Waals surface area contributed by atoms with Gasteiger partial charge in [0.2, 0.25) is 0 Å². The monoisotopic (exact) mass is 255 g/mol. The van der Waals surface area contributed by atoms with E-state index in [2.05, 4.69) is 11.1 Å². The molecule has 0 atom stereocenters. The van der Waals surface area contributed by atoms with Gasteiger partial charge in [0, 0.05) is 23.2 Å². The lowest BCUT2D eigenvalue weighted by Gasteiger charge is -1.97. The molecule has 0 bridgehead atoms. The molecule has 2 N–H and O–H groups in total. The van der Waals surface area contributed by atoms with Crippen LogP contribution in [0.5, 0.6) is 0 Å². The Kier molecular flexibility index (Phi) is 3.05. The molecule has 0 radical (unpaired) electrons. The average Bonchev–Trinajstić information content (AvgIpc) is 2.83. The number of halogens is 1. The molecule has 0 saturated heterocycles. The van der Waals surface area contributed by atoms with Crippen molar-refractivity contribution in [2.24, 2.45) is 0 Å². The highest BCUT2D eigenvalue weighted by Gasteiger charge is 2.04. The minimum Gasteiger partial charge on any atom is -0.396 e. The van der Waals surface area contributed by atoms with Crippen molar-refractivity contribution in [3.8, 4) is 11.3 Å². The van der Waals surface area contributed by atoms with Crippen LogP contribution in [-0.4, -0.2) is 16.7 Å². The second-order valence-corrected chi connectivity index (χ2v) is 4.59. The van der Waals surface area contributed by atoms with Crippen molar-refractivity contribution in [1.29, 1.82) is 0 Å². The number of H-pyrrole nitrogens is 1. The number of fused-ring (bicyclic) bond motifs is 1. The highest BCUT2D eigenvalue weighted by Crippen LogP contribution is 2.25. The second-order valence-electron chi connectivity index (χ2n) is 4.59. The lowest BCUT2D eigenvalue weighted by molar-refractivity contribution is 0.299. The molecule has 3 heteroatoms. The largest absolute Gasteiger partial charge is 0.396 e. The first kappa shape index (κ1) is 11.9. The molecule has 19 heavy (non-hydrogen) atoms. The van der Waals surface area contributed by atoms with Crippen LogP contribution < -0.4 is 0 Å². The van der Waals surface area contributed by atoms with E-state index in [1.54, 1.807) is 12.1 Å². The quantitative estimate of drug-likeness (QED) is 0.738. The molecular weight excluding hydrogens is 241 g/mol. The van der Waals surface area contributed by atoms with Crippen LogP contribution in [0.3, 0.4) is 0 Å². The number of hydrogen-bond acceptors (Lipinski definition) is 1. The zero-order valence-electron chi connectivity index (χ0n) is 10.4. The fourth-order valence-electron chi connectivity index (χ4n) is 2.25. The number of aromatic nitrogens is 1. The molecule has 2 aromatic carbocycles. The van der Waals surface area contributed by atoms with E-state index in [0.29, 0.717) is 6.42 Å². The van der Waals surface area contributed by atoms with Gasteiger partial charge in [-0.15, -0.1) is 0 Å². The van der Waals surface area contributed by atoms with Crippen molar-refractivity contribution < 1.29 is 9.50 Å². The molecule has 0 saturated carbocycles. The molecule has 0 spiro atoms. The molecule has 0 aliphatic carbocycles. The third-order valence-electron chi connectivity index (χ3n) is 3.24. The summed E-state index contributed by atoms with van der Waals surface area (Å²) < 4.78 is 12.9. The minimum atomic E-state index is -0.231. The van der Waals surface area contributed by atoms with Crippen LogP contribution in [0.2, 0.25) is 0 Å². The first-order valence-electron chi connectivity index (χ1n) is 6.25. The smallest absolute Gasteiger partial charge is 0.123 e. The number of aromatic amines is 1. The molecule has 0 fully saturated rings. The summed E-state index contributed by atoms with van der Waals surface area (Å²) in [5.41, 5.74) is 4.08. The zero-order valence-corrected chi connectivity index (χ0v) is 10.4. The van der Waals surface area contributed by atoms with Crippen molar-refractivity contribution in [3.63, 3.8) is 0 Å². The Balaban J connectivity index is 2.03. The number of rotatable bonds is 3. The second kappa shape index (κ2) is 4.86. The molecule has 1 heterocycles. The van der Waals surface area contributed by atoms with E-state index in [0.717, 1.165) is 27.7 Å². The number of benzene rings is 2. The van der Waals surface area contributed by atoms with E-state index in [1.807, 2.05) is 18.2 Å². The molecular formula is C16H14FNO. The highest BCUT2D eigenvalue weighted by atomic mass is 19.1. The van der Waals surface area contributed by atoms with Gasteiger partial charge in [-0.1, -0.05) is 6.07 Å². The summed E-state index contributed by atoms with van der Waals surface area (Å²) >= 11 is 0. The Morgan fingerprint density at radius 3 is 2.53 bits per heavy atom. The van der Waals surface area contributed by atoms with Crippen molar-refractivity contribution in [2.45, 2.75) is 6.42 Å². The Morgan fingerprint density at radius 1 is 1.00 bits per heavy atom. The maximum absolute atomic E-state index is 12.9. The molecule has 2 nitrogen and oxygen atoms in total. The Labute approximate surface area is 110 Å². The van der Waals surface area contributed by atoms with Crippen LogP contribution in [0.1, 0.15) is 5.56 Å². The van der Waals surface area contributed by atoms with Gasteiger partial charge in [-0.2, -0.15) is 0 Å². The molecule has 3 rings (SSSR count). The van der Waals surface area contributed by atoms with Crippen LogP contribution >= 0.6 is 0 Å². The summed E-state index contributed by atoms with van der Waals surface area (Å²) in [6, 6.07) is 14.6. The third kappa shape index (κ3) is 2.37. The van der Waals surface area contributed by atoms with Gasteiger partial charge in [-0.05, 0) is 60.0 Å². The van der Waals surface area contributed by atoms with Crippen molar-refractivity contribution >= 4 is 10.9 Å². The van der Waals surface area contributed by atoms with Crippen molar-refractivity contribution in [2.75, 3.05) is 6.61 Å². The molecule has 0 aliphatic heterocycles. The summed E-state index contributed by atoms with van der Waals surface area (Å²) in [6.07, 6.45) is 0.660. The number of hydrogen-bond donors (Lipinski definition) is 2. The predicted molar refractivity (Wildman–Crippen MR) is 74.5 cm³/mol. The first-order valence-corrected chi connectivity index (χ1v) is 6.25. The minimum absolute atomic E-state index is 0.154. The Hall–Kier alpha value is -2.13. The van der Waals surface area contributed by atoms with Crippen LogP contribution in [-0.2, 0) is 6.42 Å². The summed E-state index contributed by atoms with van der Waals surface area (Å²) in [5.74, 6) is -0.231. The maximum Gasteiger partial charge on any atom is 0.123 e. The molecule has 3 aromatic rings. The standard InChI is InChI=1S/C16H14FNO/c17-14-4-2-12(3-5-14)16-10-13-9-11(7-8-19)1-6-15(13)18-16/h1-6,9-10,18-19H,7-8H2. The Morgan fingerprint density at radius 2 is 1.79 bits per heavy atom. The van der Waals surface area contributed by atoms with E-state index in [4.69, 9.17) is 5.11 Å². The van der Waals surface area contributed by atoms with E-state index in [1.165, 1.54) is 12.1 Å². The lowest BCUT2D eigenvalue weighted by atomic mass is 10.1. The average molecular weight is 255 g/mol. The van der Waals surface area contributed by atoms with E-state index >= 15 is 0 Å². The maximum atomic E-state index is 12.9. The van der Waals surface area contributed by atoms with Crippen LogP contribution in [0.15, 0.2) is 48.5 Å². The Bertz CT molecular complexity index is 700. The van der Waals surface area contributed by atoms with Gasteiger partial charge in [0.1, 0.15) is 5.82 Å². The van der Waals surface area contributed by atoms with Gasteiger partial charge in [0.05, 0.1) is 0 Å². The van der Waals surface area contributed by atoms with Gasteiger partial charge in [-0.3, -0.25) is 0 Å². The summed E-state index contributed by atoms with van der Waals surface area (Å²) in [4.78, 5) is 3.32. The topological polar surface area (TPSA) is 36.0 Å². The van der Waals surface area contributed by atoms with E-state index < -0.39 is 0 Å². The van der Waals surface area contributed by atoms with Gasteiger partial charge < -0.3 is 10.1 Å². The summed E-state index contributed by atoms with van der Waals surface area (Å²) in [7, 11) is 0. The van der Waals surface area contributed by atoms with E-state index in [-0.39, 0.29) is 12.4 Å². The summed E-state index contributed by atoms with van der Waals surface area (Å²) in [5, 5.41) is 10.1. The molecule has 1 aromatic heterocycles. The summed E-state index contributed by atoms with van der Waals surface area (Å²) in [6.45, 7) is 0.154. The van der Waals surface area contributed by atoms with Crippen LogP contribution in [0, 0.1) is 5.82 Å². The van der Waals surface area contributed by atoms with Gasteiger partial charge in [0.15, 0.2) is 0 Å². The lowest BCUT2D eigenvalue weighted by Crippen LogP contribution is -1.89. The third-order valence-corrected chi connectivity index (χ3v) is 3.24. The van der Waals surface area contributed by atoms with E-state index in [9.17, 15) is 4.39 Å². The molecule has 0 unspecified atom stereocenters. The van der Waals surface area contributed by atoms with Crippen molar-refractivity contribution in [1.82, 2.24) is 4.98 Å². The zero-order chi connectivity index (χ0) is 13.2. The number of nitrogens with one attached hydrogen (secondary N) is 1. The number of aliphatic hydroxyl groups is 1. The van der Waals surface area contributed by atoms with Gasteiger partial charge in [-0.25, -0.2) is 4.39 Å². The van der Waals surface area contributed by atoms with Crippen molar-refractivity contribution in [3.05, 3.63) is 59.9 Å². The fraction of sp³-hybridized carbons (Fsp3) is 0.125.